The molecule has 0 saturated carbocycles. The molecule has 0 aliphatic rings. The Morgan fingerprint density at radius 1 is 0.739 bits per heavy atom. The monoisotopic (exact) mass is 355 g/mol. The molecule has 0 aliphatic heterocycles. The molecule has 0 aromatic heterocycles. The maximum absolute atomic E-state index is 12.4. The molecule has 9 heteroatoms. The van der Waals surface area contributed by atoms with Crippen LogP contribution in [-0.2, 0) is 20.0 Å². The van der Waals surface area contributed by atoms with Crippen LogP contribution in [0.4, 0.5) is 11.4 Å². The molecule has 0 atom stereocenters. The van der Waals surface area contributed by atoms with Gasteiger partial charge in [0.25, 0.3) is 20.0 Å². The van der Waals surface area contributed by atoms with Crippen LogP contribution in [0.15, 0.2) is 46.2 Å². The van der Waals surface area contributed by atoms with E-state index in [-0.39, 0.29) is 21.2 Å². The molecule has 0 radical (unpaired) electrons. The lowest BCUT2D eigenvalue weighted by Gasteiger charge is -2.12. The summed E-state index contributed by atoms with van der Waals surface area (Å²) in [5.74, 6) is 0. The zero-order valence-electron chi connectivity index (χ0n) is 12.6. The van der Waals surface area contributed by atoms with Crippen LogP contribution in [-0.4, -0.2) is 16.8 Å². The molecule has 5 N–H and O–H groups in total. The molecule has 0 fully saturated rings. The van der Waals surface area contributed by atoms with Gasteiger partial charge in [0, 0.05) is 11.4 Å². The summed E-state index contributed by atoms with van der Waals surface area (Å²) >= 11 is 0. The summed E-state index contributed by atoms with van der Waals surface area (Å²) in [6.45, 7) is 3.10. The number of rotatable bonds is 4. The second kappa shape index (κ2) is 5.84. The lowest BCUT2D eigenvalue weighted by Crippen LogP contribution is -2.31. The Balaban J connectivity index is 2.51. The molecule has 0 saturated heterocycles. The third-order valence-corrected chi connectivity index (χ3v) is 7.02. The summed E-state index contributed by atoms with van der Waals surface area (Å²) in [5, 5.41) is 0. The van der Waals surface area contributed by atoms with Gasteiger partial charge in [-0.2, -0.15) is 0 Å². The van der Waals surface area contributed by atoms with Gasteiger partial charge in [-0.15, -0.1) is 4.13 Å². The van der Waals surface area contributed by atoms with Gasteiger partial charge in [-0.3, -0.25) is 0 Å². The molecular formula is C14H17N3O4S2. The van der Waals surface area contributed by atoms with Gasteiger partial charge in [0.15, 0.2) is 0 Å². The fraction of sp³-hybridized carbons (Fsp3) is 0.143. The van der Waals surface area contributed by atoms with Crippen molar-refractivity contribution in [2.24, 2.45) is 0 Å². The number of nitrogen functional groups attached to an aromatic ring is 2. The van der Waals surface area contributed by atoms with Crippen LogP contribution in [0.5, 0.6) is 0 Å². The van der Waals surface area contributed by atoms with Crippen molar-refractivity contribution in [3.63, 3.8) is 0 Å². The molecule has 2 rings (SSSR count). The number of nitrogens with one attached hydrogen (secondary N) is 1. The first-order chi connectivity index (χ1) is 10.5. The van der Waals surface area contributed by atoms with Gasteiger partial charge < -0.3 is 11.5 Å². The molecule has 0 spiro atoms. The van der Waals surface area contributed by atoms with Crippen LogP contribution < -0.4 is 15.6 Å². The highest BCUT2D eigenvalue weighted by Gasteiger charge is 2.27. The fourth-order valence-electron chi connectivity index (χ4n) is 2.05. The maximum atomic E-state index is 12.4. The van der Waals surface area contributed by atoms with E-state index in [1.807, 2.05) is 0 Å². The average molecular weight is 355 g/mol. The van der Waals surface area contributed by atoms with E-state index in [0.29, 0.717) is 11.1 Å². The Labute approximate surface area is 135 Å². The number of benzene rings is 2. The van der Waals surface area contributed by atoms with Crippen molar-refractivity contribution >= 4 is 31.4 Å². The van der Waals surface area contributed by atoms with Crippen molar-refractivity contribution in [2.45, 2.75) is 23.6 Å². The van der Waals surface area contributed by atoms with E-state index < -0.39 is 20.0 Å². The van der Waals surface area contributed by atoms with Crippen molar-refractivity contribution in [2.75, 3.05) is 11.5 Å². The predicted molar refractivity (Wildman–Crippen MR) is 88.7 cm³/mol. The van der Waals surface area contributed by atoms with E-state index in [4.69, 9.17) is 11.5 Å². The Bertz CT molecular complexity index is 888. The van der Waals surface area contributed by atoms with E-state index in [2.05, 4.69) is 0 Å². The first-order valence-electron chi connectivity index (χ1n) is 6.54. The smallest absolute Gasteiger partial charge is 0.254 e. The van der Waals surface area contributed by atoms with Gasteiger partial charge in [-0.25, -0.2) is 16.8 Å². The SMILES string of the molecule is Cc1ccc(N)cc1S(=O)(=O)NS(=O)(=O)c1cc(N)ccc1C. The maximum Gasteiger partial charge on any atom is 0.254 e. The highest BCUT2D eigenvalue weighted by Crippen LogP contribution is 2.22. The first-order valence-corrected chi connectivity index (χ1v) is 9.50. The Morgan fingerprint density at radius 2 is 1.09 bits per heavy atom. The van der Waals surface area contributed by atoms with Crippen molar-refractivity contribution < 1.29 is 16.8 Å². The van der Waals surface area contributed by atoms with Crippen molar-refractivity contribution in [3.8, 4) is 0 Å². The Kier molecular flexibility index (Phi) is 4.38. The van der Waals surface area contributed by atoms with Crippen LogP contribution in [0, 0.1) is 13.8 Å². The molecule has 2 aromatic rings. The summed E-state index contributed by atoms with van der Waals surface area (Å²) in [6.07, 6.45) is 0. The zero-order chi connectivity index (χ0) is 17.4. The van der Waals surface area contributed by atoms with E-state index in [1.165, 1.54) is 36.4 Å². The number of hydrogen-bond donors (Lipinski definition) is 3. The van der Waals surface area contributed by atoms with Gasteiger partial charge >= 0.3 is 0 Å². The molecule has 7 nitrogen and oxygen atoms in total. The van der Waals surface area contributed by atoms with Gasteiger partial charge in [-0.1, -0.05) is 12.1 Å². The second-order valence-corrected chi connectivity index (χ2v) is 8.70. The van der Waals surface area contributed by atoms with Crippen molar-refractivity contribution in [1.29, 1.82) is 0 Å². The molecule has 0 bridgehead atoms. The summed E-state index contributed by atoms with van der Waals surface area (Å²) in [6, 6.07) is 8.49. The van der Waals surface area contributed by atoms with Crippen LogP contribution in [0.25, 0.3) is 0 Å². The summed E-state index contributed by atoms with van der Waals surface area (Å²) in [7, 11) is -8.62. The molecule has 0 aliphatic carbocycles. The van der Waals surface area contributed by atoms with Gasteiger partial charge in [0.1, 0.15) is 0 Å². The fourth-order valence-corrected chi connectivity index (χ4v) is 5.49. The number of aryl methyl sites for hydroxylation is 2. The van der Waals surface area contributed by atoms with E-state index in [0.717, 1.165) is 0 Å². The van der Waals surface area contributed by atoms with Gasteiger partial charge in [0.2, 0.25) is 0 Å². The minimum absolute atomic E-state index is 0.192. The van der Waals surface area contributed by atoms with Gasteiger partial charge in [-0.05, 0) is 49.2 Å². The van der Waals surface area contributed by atoms with Crippen LogP contribution in [0.3, 0.4) is 0 Å². The zero-order valence-corrected chi connectivity index (χ0v) is 14.2. The van der Waals surface area contributed by atoms with Crippen molar-refractivity contribution in [3.05, 3.63) is 47.5 Å². The Morgan fingerprint density at radius 3 is 1.43 bits per heavy atom. The third-order valence-electron chi connectivity index (χ3n) is 3.22. The summed E-state index contributed by atoms with van der Waals surface area (Å²) in [5.41, 5.74) is 12.4. The normalized spacial score (nSPS) is 12.3. The molecule has 23 heavy (non-hydrogen) atoms. The number of hydrogen-bond acceptors (Lipinski definition) is 6. The van der Waals surface area contributed by atoms with Gasteiger partial charge in [0.05, 0.1) is 9.79 Å². The molecule has 0 unspecified atom stereocenters. The second-order valence-electron chi connectivity index (χ2n) is 5.14. The number of nitrogens with two attached hydrogens (primary N) is 2. The largest absolute Gasteiger partial charge is 0.399 e. The lowest BCUT2D eigenvalue weighted by molar-refractivity contribution is 0.576. The first kappa shape index (κ1) is 17.3. The third kappa shape index (κ3) is 3.63. The summed E-state index contributed by atoms with van der Waals surface area (Å²) in [4.78, 5) is -0.384. The number of anilines is 2. The minimum Gasteiger partial charge on any atom is -0.399 e. The summed E-state index contributed by atoms with van der Waals surface area (Å²) < 4.78 is 51.4. The quantitative estimate of drug-likeness (QED) is 0.704. The molecule has 0 amide bonds. The molecule has 124 valence electrons. The highest BCUT2D eigenvalue weighted by atomic mass is 32.3. The minimum atomic E-state index is -4.31. The standard InChI is InChI=1S/C14H17N3O4S2/c1-9-3-5-11(15)7-13(9)22(18,19)17-23(20,21)14-8-12(16)6-4-10(14)2/h3-8,17H,15-16H2,1-2H3. The lowest BCUT2D eigenvalue weighted by atomic mass is 10.2. The highest BCUT2D eigenvalue weighted by molar-refractivity contribution is 8.04. The van der Waals surface area contributed by atoms with E-state index in [9.17, 15) is 16.8 Å². The van der Waals surface area contributed by atoms with E-state index in [1.54, 1.807) is 18.0 Å². The van der Waals surface area contributed by atoms with Crippen LogP contribution in [0.2, 0.25) is 0 Å². The van der Waals surface area contributed by atoms with E-state index >= 15 is 0 Å². The Hall–Kier alpha value is -2.10. The molecule has 2 aromatic carbocycles. The molecular weight excluding hydrogens is 338 g/mol. The molecule has 0 heterocycles. The predicted octanol–water partition coefficient (Wildman–Crippen LogP) is 1.14. The average Bonchev–Trinajstić information content (AvgIpc) is 2.42. The number of sulfonamides is 2. The van der Waals surface area contributed by atoms with Crippen molar-refractivity contribution in [1.82, 2.24) is 4.13 Å². The van der Waals surface area contributed by atoms with Crippen LogP contribution in [0.1, 0.15) is 11.1 Å². The topological polar surface area (TPSA) is 132 Å². The van der Waals surface area contributed by atoms with Crippen LogP contribution >= 0.6 is 0 Å².